The van der Waals surface area contributed by atoms with Gasteiger partial charge in [-0.3, -0.25) is 0 Å². The molecule has 0 heterocycles. The van der Waals surface area contributed by atoms with Crippen LogP contribution < -0.4 is 0 Å². The molecule has 0 aliphatic carbocycles. The maximum Gasteiger partial charge on any atom is 0.189 e. The van der Waals surface area contributed by atoms with Gasteiger partial charge in [0.2, 0.25) is 0 Å². The Morgan fingerprint density at radius 3 is 2.60 bits per heavy atom. The average Bonchev–Trinajstić information content (AvgIpc) is 1.85. The second kappa shape index (κ2) is 2.96. The van der Waals surface area contributed by atoms with E-state index >= 15 is 0 Å². The number of thiol groups is 1. The van der Waals surface area contributed by atoms with Gasteiger partial charge in [-0.25, -0.2) is 4.85 Å². The van der Waals surface area contributed by atoms with Gasteiger partial charge in [0.05, 0.1) is 6.57 Å². The van der Waals surface area contributed by atoms with Crippen molar-refractivity contribution in [2.75, 3.05) is 0 Å². The Morgan fingerprint density at radius 1 is 1.40 bits per heavy atom. The van der Waals surface area contributed by atoms with Crippen LogP contribution in [0.25, 0.3) is 4.85 Å². The molecule has 0 unspecified atom stereocenters. The molecule has 0 atom stereocenters. The molecule has 0 saturated heterocycles. The quantitative estimate of drug-likeness (QED) is 0.450. The predicted octanol–water partition coefficient (Wildman–Crippen LogP) is 3.18. The minimum Gasteiger partial charge on any atom is -0.238 e. The highest BCUT2D eigenvalue weighted by Gasteiger charge is 1.94. The van der Waals surface area contributed by atoms with Gasteiger partial charge in [-0.1, -0.05) is 11.6 Å². The molecular formula is C7H4ClNS. The Hall–Kier alpha value is -0.650. The van der Waals surface area contributed by atoms with Crippen molar-refractivity contribution in [3.8, 4) is 0 Å². The maximum atomic E-state index is 6.67. The zero-order valence-corrected chi connectivity index (χ0v) is 6.65. The molecule has 10 heavy (non-hydrogen) atoms. The summed E-state index contributed by atoms with van der Waals surface area (Å²) >= 11 is 9.69. The van der Waals surface area contributed by atoms with Crippen molar-refractivity contribution in [3.63, 3.8) is 0 Å². The third kappa shape index (κ3) is 1.66. The molecule has 0 fully saturated rings. The topological polar surface area (TPSA) is 4.36 Å². The minimum atomic E-state index is 0.525. The molecule has 1 nitrogen and oxygen atoms in total. The summed E-state index contributed by atoms with van der Waals surface area (Å²) in [6.45, 7) is 6.67. The summed E-state index contributed by atoms with van der Waals surface area (Å²) < 4.78 is 0. The van der Waals surface area contributed by atoms with Crippen molar-refractivity contribution >= 4 is 29.9 Å². The van der Waals surface area contributed by atoms with Crippen LogP contribution in [-0.4, -0.2) is 0 Å². The van der Waals surface area contributed by atoms with Gasteiger partial charge in [-0.15, -0.1) is 12.6 Å². The highest BCUT2D eigenvalue weighted by atomic mass is 35.5. The van der Waals surface area contributed by atoms with Gasteiger partial charge in [-0.2, -0.15) is 0 Å². The first-order valence-electron chi connectivity index (χ1n) is 2.59. The number of hydrogen-bond acceptors (Lipinski definition) is 1. The second-order valence-electron chi connectivity index (χ2n) is 1.78. The highest BCUT2D eigenvalue weighted by molar-refractivity contribution is 7.80. The number of hydrogen-bond donors (Lipinski definition) is 1. The molecule has 1 rings (SSSR count). The molecule has 0 N–H and O–H groups in total. The standard InChI is InChI=1S/C7H4ClNS/c1-9-6-2-5(8)3-7(10)4-6/h2-4,10H. The van der Waals surface area contributed by atoms with Gasteiger partial charge < -0.3 is 0 Å². The monoisotopic (exact) mass is 169 g/mol. The first-order chi connectivity index (χ1) is 4.72. The van der Waals surface area contributed by atoms with Crippen LogP contribution in [0.15, 0.2) is 23.1 Å². The lowest BCUT2D eigenvalue weighted by atomic mass is 10.3. The molecule has 0 aromatic heterocycles. The number of nitrogens with zero attached hydrogens (tertiary/aromatic N) is 1. The Balaban J connectivity index is 3.22. The fourth-order valence-electron chi connectivity index (χ4n) is 0.624. The maximum absolute atomic E-state index is 6.67. The third-order valence-electron chi connectivity index (χ3n) is 0.996. The summed E-state index contributed by atoms with van der Waals surface area (Å²) in [5, 5.41) is 0.554. The lowest BCUT2D eigenvalue weighted by Crippen LogP contribution is -1.65. The van der Waals surface area contributed by atoms with E-state index in [9.17, 15) is 0 Å². The Morgan fingerprint density at radius 2 is 2.10 bits per heavy atom. The van der Waals surface area contributed by atoms with E-state index in [-0.39, 0.29) is 0 Å². The van der Waals surface area contributed by atoms with Crippen LogP contribution in [0.1, 0.15) is 0 Å². The smallest absolute Gasteiger partial charge is 0.189 e. The first-order valence-corrected chi connectivity index (χ1v) is 3.42. The molecule has 0 aliphatic heterocycles. The van der Waals surface area contributed by atoms with E-state index in [1.54, 1.807) is 18.2 Å². The minimum absolute atomic E-state index is 0.525. The summed E-state index contributed by atoms with van der Waals surface area (Å²) in [7, 11) is 0. The van der Waals surface area contributed by atoms with E-state index < -0.39 is 0 Å². The lowest BCUT2D eigenvalue weighted by molar-refractivity contribution is 1.49. The molecule has 0 saturated carbocycles. The highest BCUT2D eigenvalue weighted by Crippen LogP contribution is 2.22. The summed E-state index contributed by atoms with van der Waals surface area (Å²) in [6.07, 6.45) is 0. The van der Waals surface area contributed by atoms with Crippen LogP contribution >= 0.6 is 24.2 Å². The molecule has 0 bridgehead atoms. The molecule has 3 heteroatoms. The van der Waals surface area contributed by atoms with E-state index in [0.29, 0.717) is 10.7 Å². The third-order valence-corrected chi connectivity index (χ3v) is 1.47. The van der Waals surface area contributed by atoms with Crippen molar-refractivity contribution < 1.29 is 0 Å². The molecule has 1 aromatic rings. The van der Waals surface area contributed by atoms with Crippen LogP contribution in [0.2, 0.25) is 5.02 Å². The van der Waals surface area contributed by atoms with Crippen molar-refractivity contribution in [2.24, 2.45) is 0 Å². The summed E-state index contributed by atoms with van der Waals surface area (Å²) in [4.78, 5) is 3.93. The van der Waals surface area contributed by atoms with Crippen LogP contribution in [0.4, 0.5) is 5.69 Å². The van der Waals surface area contributed by atoms with Crippen molar-refractivity contribution in [1.29, 1.82) is 0 Å². The summed E-state index contributed by atoms with van der Waals surface area (Å²) in [6, 6.07) is 4.97. The van der Waals surface area contributed by atoms with Gasteiger partial charge in [-0.05, 0) is 23.1 Å². The molecule has 50 valence electrons. The first kappa shape index (κ1) is 7.46. The van der Waals surface area contributed by atoms with Gasteiger partial charge in [0.15, 0.2) is 5.69 Å². The SMILES string of the molecule is [C-]#[N+]c1cc(S)cc(Cl)c1. The van der Waals surface area contributed by atoms with E-state index in [0.717, 1.165) is 4.90 Å². The van der Waals surface area contributed by atoms with Crippen LogP contribution in [-0.2, 0) is 0 Å². The second-order valence-corrected chi connectivity index (χ2v) is 2.73. The number of rotatable bonds is 0. The molecular weight excluding hydrogens is 166 g/mol. The zero-order chi connectivity index (χ0) is 7.56. The Kier molecular flexibility index (Phi) is 2.21. The van der Waals surface area contributed by atoms with Gasteiger partial charge >= 0.3 is 0 Å². The fourth-order valence-corrected chi connectivity index (χ4v) is 1.20. The zero-order valence-electron chi connectivity index (χ0n) is 5.00. The van der Waals surface area contributed by atoms with Crippen molar-refractivity contribution in [2.45, 2.75) is 4.90 Å². The molecule has 1 aromatic carbocycles. The largest absolute Gasteiger partial charge is 0.238 e. The van der Waals surface area contributed by atoms with Gasteiger partial charge in [0, 0.05) is 5.02 Å². The van der Waals surface area contributed by atoms with Crippen molar-refractivity contribution in [3.05, 3.63) is 34.6 Å². The van der Waals surface area contributed by atoms with E-state index in [2.05, 4.69) is 17.5 Å². The predicted molar refractivity (Wildman–Crippen MR) is 45.0 cm³/mol. The number of halogens is 1. The molecule has 0 spiro atoms. The van der Waals surface area contributed by atoms with Crippen LogP contribution in [0.3, 0.4) is 0 Å². The fraction of sp³-hybridized carbons (Fsp3) is 0. The molecule has 0 amide bonds. The van der Waals surface area contributed by atoms with E-state index in [1.165, 1.54) is 0 Å². The van der Waals surface area contributed by atoms with Gasteiger partial charge in [0.25, 0.3) is 0 Å². The van der Waals surface area contributed by atoms with E-state index in [4.69, 9.17) is 18.2 Å². The average molecular weight is 170 g/mol. The summed E-state index contributed by atoms with van der Waals surface area (Å²) in [5.74, 6) is 0. The molecule has 0 aliphatic rings. The molecule has 0 radical (unpaired) electrons. The Bertz CT molecular complexity index is 270. The summed E-state index contributed by atoms with van der Waals surface area (Å²) in [5.41, 5.74) is 0.525. The van der Waals surface area contributed by atoms with E-state index in [1.807, 2.05) is 0 Å². The van der Waals surface area contributed by atoms with Gasteiger partial charge in [0.1, 0.15) is 0 Å². The lowest BCUT2D eigenvalue weighted by Gasteiger charge is -1.93. The normalized spacial score (nSPS) is 8.90. The van der Waals surface area contributed by atoms with Crippen LogP contribution in [0.5, 0.6) is 0 Å². The van der Waals surface area contributed by atoms with Crippen LogP contribution in [0, 0.1) is 6.57 Å². The van der Waals surface area contributed by atoms with Crippen molar-refractivity contribution in [1.82, 2.24) is 0 Å². The Labute approximate surface area is 69.9 Å². The number of benzene rings is 1.